The van der Waals surface area contributed by atoms with Crippen LogP contribution in [0.2, 0.25) is 0 Å². The van der Waals surface area contributed by atoms with Crippen LogP contribution in [0.1, 0.15) is 33.6 Å². The maximum atomic E-state index is 5.97. The summed E-state index contributed by atoms with van der Waals surface area (Å²) in [6.07, 6.45) is 2.33. The average Bonchev–Trinajstić information content (AvgIpc) is 2.24. The molecule has 0 aromatic carbocycles. The minimum atomic E-state index is -0.336. The van der Waals surface area contributed by atoms with Crippen LogP contribution in [-0.4, -0.2) is 32.1 Å². The molecule has 3 heteroatoms. The lowest BCUT2D eigenvalue weighted by molar-refractivity contribution is -0.315. The molecule has 0 aromatic heterocycles. The molecular formula is C12H23NO2. The molecule has 2 aliphatic rings. The highest BCUT2D eigenvalue weighted by Gasteiger charge is 2.42. The quantitative estimate of drug-likeness (QED) is 0.720. The molecule has 0 aliphatic carbocycles. The van der Waals surface area contributed by atoms with E-state index in [1.165, 1.54) is 0 Å². The minimum Gasteiger partial charge on any atom is -0.349 e. The van der Waals surface area contributed by atoms with Crippen molar-refractivity contribution in [2.24, 2.45) is 11.3 Å². The van der Waals surface area contributed by atoms with Crippen LogP contribution in [0, 0.1) is 11.3 Å². The highest BCUT2D eigenvalue weighted by molar-refractivity contribution is 4.85. The highest BCUT2D eigenvalue weighted by Crippen LogP contribution is 2.37. The molecule has 0 aromatic rings. The molecule has 3 nitrogen and oxygen atoms in total. The Kier molecular flexibility index (Phi) is 3.06. The van der Waals surface area contributed by atoms with Crippen molar-refractivity contribution in [3.63, 3.8) is 0 Å². The number of hydrogen-bond acceptors (Lipinski definition) is 3. The monoisotopic (exact) mass is 213 g/mol. The van der Waals surface area contributed by atoms with Gasteiger partial charge in [-0.2, -0.15) is 0 Å². The van der Waals surface area contributed by atoms with Gasteiger partial charge in [-0.05, 0) is 32.9 Å². The first kappa shape index (κ1) is 11.4. The van der Waals surface area contributed by atoms with E-state index in [0.29, 0.717) is 5.92 Å². The smallest absolute Gasteiger partial charge is 0.168 e. The van der Waals surface area contributed by atoms with Crippen molar-refractivity contribution in [3.05, 3.63) is 0 Å². The Morgan fingerprint density at radius 2 is 1.53 bits per heavy atom. The Morgan fingerprint density at radius 1 is 1.00 bits per heavy atom. The lowest BCUT2D eigenvalue weighted by Crippen LogP contribution is -2.52. The predicted molar refractivity (Wildman–Crippen MR) is 59.7 cm³/mol. The second kappa shape index (κ2) is 4.04. The van der Waals surface area contributed by atoms with E-state index >= 15 is 0 Å². The van der Waals surface area contributed by atoms with E-state index in [1.54, 1.807) is 0 Å². The molecule has 0 unspecified atom stereocenters. The van der Waals surface area contributed by atoms with Gasteiger partial charge in [0.05, 0.1) is 13.2 Å². The maximum absolute atomic E-state index is 5.97. The number of hydrogen-bond donors (Lipinski definition) is 1. The van der Waals surface area contributed by atoms with Gasteiger partial charge in [0.2, 0.25) is 0 Å². The molecule has 2 rings (SSSR count). The molecule has 0 amide bonds. The Hall–Kier alpha value is -0.120. The Bertz CT molecular complexity index is 212. The molecule has 0 atom stereocenters. The standard InChI is InChI=1S/C12H23NO2/c1-11(2)8-14-12(3,15-9-11)10-4-6-13-7-5-10/h10,13H,4-9H2,1-3H3. The first-order valence-corrected chi connectivity index (χ1v) is 6.00. The van der Waals surface area contributed by atoms with E-state index in [9.17, 15) is 0 Å². The summed E-state index contributed by atoms with van der Waals surface area (Å²) in [4.78, 5) is 0. The van der Waals surface area contributed by atoms with Gasteiger partial charge in [0.1, 0.15) is 0 Å². The van der Waals surface area contributed by atoms with Gasteiger partial charge in [-0.1, -0.05) is 13.8 Å². The van der Waals surface area contributed by atoms with Gasteiger partial charge in [-0.25, -0.2) is 0 Å². The Balaban J connectivity index is 1.95. The normalized spacial score (nSPS) is 31.4. The topological polar surface area (TPSA) is 30.5 Å². The van der Waals surface area contributed by atoms with E-state index in [1.807, 2.05) is 0 Å². The van der Waals surface area contributed by atoms with Crippen LogP contribution >= 0.6 is 0 Å². The number of ether oxygens (including phenoxy) is 2. The van der Waals surface area contributed by atoms with Crippen molar-refractivity contribution in [1.29, 1.82) is 0 Å². The van der Waals surface area contributed by atoms with Gasteiger partial charge in [0.15, 0.2) is 5.79 Å². The highest BCUT2D eigenvalue weighted by atomic mass is 16.7. The zero-order valence-electron chi connectivity index (χ0n) is 10.1. The van der Waals surface area contributed by atoms with Gasteiger partial charge in [0.25, 0.3) is 0 Å². The molecule has 88 valence electrons. The zero-order chi connectivity index (χ0) is 10.9. The molecule has 2 aliphatic heterocycles. The van der Waals surface area contributed by atoms with Crippen LogP contribution in [0.25, 0.3) is 0 Å². The molecule has 0 spiro atoms. The summed E-state index contributed by atoms with van der Waals surface area (Å²) in [5.41, 5.74) is 0.173. The number of rotatable bonds is 1. The van der Waals surface area contributed by atoms with E-state index in [2.05, 4.69) is 26.1 Å². The van der Waals surface area contributed by atoms with Gasteiger partial charge in [0, 0.05) is 11.3 Å². The number of piperidine rings is 1. The molecule has 1 N–H and O–H groups in total. The summed E-state index contributed by atoms with van der Waals surface area (Å²) in [5, 5.41) is 3.38. The van der Waals surface area contributed by atoms with Crippen molar-refractivity contribution >= 4 is 0 Å². The molecule has 0 radical (unpaired) electrons. The van der Waals surface area contributed by atoms with E-state index in [4.69, 9.17) is 9.47 Å². The molecule has 0 bridgehead atoms. The first-order valence-electron chi connectivity index (χ1n) is 6.00. The van der Waals surface area contributed by atoms with Gasteiger partial charge < -0.3 is 14.8 Å². The summed E-state index contributed by atoms with van der Waals surface area (Å²) in [6, 6.07) is 0. The van der Waals surface area contributed by atoms with Crippen molar-refractivity contribution in [2.45, 2.75) is 39.4 Å². The van der Waals surface area contributed by atoms with Crippen LogP contribution in [0.4, 0.5) is 0 Å². The van der Waals surface area contributed by atoms with Crippen LogP contribution in [0.3, 0.4) is 0 Å². The fourth-order valence-electron chi connectivity index (χ4n) is 2.34. The third-order valence-corrected chi connectivity index (χ3v) is 3.58. The summed E-state index contributed by atoms with van der Waals surface area (Å²) < 4.78 is 11.9. The second-order valence-corrected chi connectivity index (χ2v) is 5.78. The lowest BCUT2D eigenvalue weighted by Gasteiger charge is -2.46. The SMILES string of the molecule is CC1(C)COC(C)(C2CCNCC2)OC1. The van der Waals surface area contributed by atoms with Gasteiger partial charge in [-0.3, -0.25) is 0 Å². The van der Waals surface area contributed by atoms with Crippen LogP contribution in [0.5, 0.6) is 0 Å². The summed E-state index contributed by atoms with van der Waals surface area (Å²) in [7, 11) is 0. The first-order chi connectivity index (χ1) is 7.02. The van der Waals surface area contributed by atoms with E-state index in [-0.39, 0.29) is 11.2 Å². The fraction of sp³-hybridized carbons (Fsp3) is 1.00. The summed E-state index contributed by atoms with van der Waals surface area (Å²) in [6.45, 7) is 10.3. The van der Waals surface area contributed by atoms with Crippen molar-refractivity contribution < 1.29 is 9.47 Å². The molecular weight excluding hydrogens is 190 g/mol. The predicted octanol–water partition coefficient (Wildman–Crippen LogP) is 1.78. The van der Waals surface area contributed by atoms with Crippen molar-refractivity contribution in [1.82, 2.24) is 5.32 Å². The Labute approximate surface area is 92.5 Å². The third kappa shape index (κ3) is 2.52. The zero-order valence-corrected chi connectivity index (χ0v) is 10.1. The summed E-state index contributed by atoms with van der Waals surface area (Å²) >= 11 is 0. The molecule has 2 saturated heterocycles. The molecule has 15 heavy (non-hydrogen) atoms. The minimum absolute atomic E-state index is 0.173. The van der Waals surface area contributed by atoms with Gasteiger partial charge in [-0.15, -0.1) is 0 Å². The van der Waals surface area contributed by atoms with Crippen molar-refractivity contribution in [2.75, 3.05) is 26.3 Å². The summed E-state index contributed by atoms with van der Waals surface area (Å²) in [5.74, 6) is 0.215. The maximum Gasteiger partial charge on any atom is 0.168 e. The molecule has 0 saturated carbocycles. The molecule has 2 heterocycles. The van der Waals surface area contributed by atoms with Gasteiger partial charge >= 0.3 is 0 Å². The second-order valence-electron chi connectivity index (χ2n) is 5.78. The Morgan fingerprint density at radius 3 is 2.07 bits per heavy atom. The molecule has 2 fully saturated rings. The third-order valence-electron chi connectivity index (χ3n) is 3.58. The number of nitrogens with one attached hydrogen (secondary N) is 1. The van der Waals surface area contributed by atoms with E-state index in [0.717, 1.165) is 39.1 Å². The van der Waals surface area contributed by atoms with Crippen LogP contribution < -0.4 is 5.32 Å². The fourth-order valence-corrected chi connectivity index (χ4v) is 2.34. The average molecular weight is 213 g/mol. The largest absolute Gasteiger partial charge is 0.349 e. The van der Waals surface area contributed by atoms with Crippen molar-refractivity contribution in [3.8, 4) is 0 Å². The van der Waals surface area contributed by atoms with E-state index < -0.39 is 0 Å². The van der Waals surface area contributed by atoms with Crippen LogP contribution in [-0.2, 0) is 9.47 Å². The van der Waals surface area contributed by atoms with Crippen LogP contribution in [0.15, 0.2) is 0 Å². The lowest BCUT2D eigenvalue weighted by atomic mass is 9.87.